The first-order valence-electron chi connectivity index (χ1n) is 11.3. The Kier molecular flexibility index (Phi) is 8.50. The molecule has 0 unspecified atom stereocenters. The second-order valence-electron chi connectivity index (χ2n) is 8.14. The van der Waals surface area contributed by atoms with Crippen LogP contribution in [0.25, 0.3) is 0 Å². The minimum absolute atomic E-state index is 0.0290. The summed E-state index contributed by atoms with van der Waals surface area (Å²) < 4.78 is 6.97. The van der Waals surface area contributed by atoms with Crippen LogP contribution >= 0.6 is 0 Å². The van der Waals surface area contributed by atoms with Crippen LogP contribution in [0.4, 0.5) is 5.69 Å². The smallest absolute Gasteiger partial charge is 0.227 e. The topological polar surface area (TPSA) is 76.5 Å². The van der Waals surface area contributed by atoms with Crippen molar-refractivity contribution in [3.05, 3.63) is 42.2 Å². The lowest BCUT2D eigenvalue weighted by Crippen LogP contribution is -2.41. The van der Waals surface area contributed by atoms with Crippen LogP contribution in [0.15, 0.2) is 36.7 Å². The summed E-state index contributed by atoms with van der Waals surface area (Å²) >= 11 is 0. The van der Waals surface area contributed by atoms with Crippen LogP contribution < -0.4 is 10.1 Å². The highest BCUT2D eigenvalue weighted by Crippen LogP contribution is 2.21. The van der Waals surface area contributed by atoms with Crippen LogP contribution in [0.1, 0.15) is 51.0 Å². The summed E-state index contributed by atoms with van der Waals surface area (Å²) in [5.74, 6) is 1.08. The van der Waals surface area contributed by atoms with E-state index < -0.39 is 0 Å². The van der Waals surface area contributed by atoms with Crippen LogP contribution in [0, 0.1) is 5.92 Å². The third-order valence-corrected chi connectivity index (χ3v) is 5.96. The van der Waals surface area contributed by atoms with Crippen molar-refractivity contribution < 1.29 is 14.3 Å². The third kappa shape index (κ3) is 6.84. The number of aromatic nitrogens is 2. The fraction of sp³-hybridized carbons (Fsp3) is 0.542. The molecule has 0 radical (unpaired) electrons. The zero-order valence-electron chi connectivity index (χ0n) is 18.7. The van der Waals surface area contributed by atoms with Gasteiger partial charge < -0.3 is 15.0 Å². The van der Waals surface area contributed by atoms with E-state index in [1.807, 2.05) is 30.2 Å². The summed E-state index contributed by atoms with van der Waals surface area (Å²) in [7, 11) is 1.67. The van der Waals surface area contributed by atoms with E-state index in [2.05, 4.69) is 22.5 Å². The predicted molar refractivity (Wildman–Crippen MR) is 121 cm³/mol. The maximum Gasteiger partial charge on any atom is 0.227 e. The molecule has 168 valence electrons. The molecule has 1 saturated heterocycles. The third-order valence-electron chi connectivity index (χ3n) is 5.96. The van der Waals surface area contributed by atoms with Crippen molar-refractivity contribution in [3.8, 4) is 5.75 Å². The highest BCUT2D eigenvalue weighted by molar-refractivity contribution is 5.92. The molecular formula is C24H34N4O3. The fourth-order valence-corrected chi connectivity index (χ4v) is 3.97. The van der Waals surface area contributed by atoms with E-state index in [-0.39, 0.29) is 17.7 Å². The van der Waals surface area contributed by atoms with Crippen molar-refractivity contribution >= 4 is 17.5 Å². The summed E-state index contributed by atoms with van der Waals surface area (Å²) in [5, 5.41) is 7.12. The Morgan fingerprint density at radius 1 is 1.13 bits per heavy atom. The van der Waals surface area contributed by atoms with E-state index in [1.54, 1.807) is 18.0 Å². The molecule has 1 aliphatic heterocycles. The molecule has 7 nitrogen and oxygen atoms in total. The quantitative estimate of drug-likeness (QED) is 0.585. The van der Waals surface area contributed by atoms with Crippen molar-refractivity contribution in [2.75, 3.05) is 25.5 Å². The van der Waals surface area contributed by atoms with Gasteiger partial charge in [0.15, 0.2) is 0 Å². The Hall–Kier alpha value is -2.83. The van der Waals surface area contributed by atoms with Gasteiger partial charge in [-0.2, -0.15) is 5.10 Å². The molecule has 1 N–H and O–H groups in total. The number of piperidine rings is 1. The van der Waals surface area contributed by atoms with Gasteiger partial charge in [0.2, 0.25) is 11.8 Å². The lowest BCUT2D eigenvalue weighted by atomic mass is 9.95. The molecule has 1 aliphatic rings. The maximum absolute atomic E-state index is 12.5. The standard InChI is InChI=1S/C24H34N4O3/c1-3-28-18-21(17-25-28)26-24(30)20-13-15-27(16-14-20)23(29)8-6-4-5-7-19-9-11-22(31-2)12-10-19/h9-12,17-18,20H,3-8,13-16H2,1-2H3,(H,26,30). The Morgan fingerprint density at radius 2 is 1.87 bits per heavy atom. The molecular weight excluding hydrogens is 392 g/mol. The van der Waals surface area contributed by atoms with Crippen LogP contribution in [0.2, 0.25) is 0 Å². The molecule has 0 atom stereocenters. The van der Waals surface area contributed by atoms with E-state index >= 15 is 0 Å². The van der Waals surface area contributed by atoms with E-state index in [9.17, 15) is 9.59 Å². The Morgan fingerprint density at radius 3 is 2.52 bits per heavy atom. The van der Waals surface area contributed by atoms with Gasteiger partial charge in [0.05, 0.1) is 19.0 Å². The number of likely N-dealkylation sites (tertiary alicyclic amines) is 1. The molecule has 2 heterocycles. The van der Waals surface area contributed by atoms with Crippen molar-refractivity contribution in [3.63, 3.8) is 0 Å². The van der Waals surface area contributed by atoms with Gasteiger partial charge in [-0.15, -0.1) is 0 Å². The van der Waals surface area contributed by atoms with Gasteiger partial charge in [-0.1, -0.05) is 18.6 Å². The predicted octanol–water partition coefficient (Wildman–Crippen LogP) is 3.89. The largest absolute Gasteiger partial charge is 0.497 e. The van der Waals surface area contributed by atoms with E-state index in [0.717, 1.165) is 56.5 Å². The zero-order chi connectivity index (χ0) is 22.1. The number of ether oxygens (including phenoxy) is 1. The molecule has 0 saturated carbocycles. The number of unbranched alkanes of at least 4 members (excludes halogenated alkanes) is 2. The van der Waals surface area contributed by atoms with Gasteiger partial charge in [0, 0.05) is 38.2 Å². The number of methoxy groups -OCH3 is 1. The number of rotatable bonds is 10. The molecule has 2 amide bonds. The van der Waals surface area contributed by atoms with Crippen molar-refractivity contribution in [2.24, 2.45) is 5.92 Å². The second-order valence-corrected chi connectivity index (χ2v) is 8.14. The van der Waals surface area contributed by atoms with E-state index in [0.29, 0.717) is 19.5 Å². The average Bonchev–Trinajstić information content (AvgIpc) is 3.26. The molecule has 31 heavy (non-hydrogen) atoms. The van der Waals surface area contributed by atoms with Gasteiger partial charge in [0.1, 0.15) is 5.75 Å². The number of carbonyl (C=O) groups excluding carboxylic acids is 2. The lowest BCUT2D eigenvalue weighted by molar-refractivity contribution is -0.134. The summed E-state index contributed by atoms with van der Waals surface area (Å²) in [6, 6.07) is 8.17. The number of anilines is 1. The number of nitrogens with zero attached hydrogens (tertiary/aromatic N) is 3. The van der Waals surface area contributed by atoms with Crippen LogP contribution in [-0.2, 0) is 22.6 Å². The number of hydrogen-bond donors (Lipinski definition) is 1. The Labute approximate surface area is 184 Å². The van der Waals surface area contributed by atoms with Gasteiger partial charge in [-0.3, -0.25) is 14.3 Å². The Balaban J connectivity index is 1.30. The summed E-state index contributed by atoms with van der Waals surface area (Å²) in [6.07, 6.45) is 9.61. The summed E-state index contributed by atoms with van der Waals surface area (Å²) in [5.41, 5.74) is 2.04. The maximum atomic E-state index is 12.5. The second kappa shape index (κ2) is 11.5. The number of benzene rings is 1. The fourth-order valence-electron chi connectivity index (χ4n) is 3.97. The molecule has 2 aromatic rings. The molecule has 1 fully saturated rings. The van der Waals surface area contributed by atoms with Crippen LogP contribution in [0.5, 0.6) is 5.75 Å². The molecule has 1 aromatic carbocycles. The molecule has 7 heteroatoms. The number of amides is 2. The van der Waals surface area contributed by atoms with Gasteiger partial charge in [-0.25, -0.2) is 0 Å². The number of carbonyl (C=O) groups is 2. The van der Waals surface area contributed by atoms with Crippen LogP contribution in [0.3, 0.4) is 0 Å². The SMILES string of the molecule is CCn1cc(NC(=O)C2CCN(C(=O)CCCCCc3ccc(OC)cc3)CC2)cn1. The van der Waals surface area contributed by atoms with Gasteiger partial charge in [0.25, 0.3) is 0 Å². The van der Waals surface area contributed by atoms with Crippen molar-refractivity contribution in [2.45, 2.75) is 58.4 Å². The lowest BCUT2D eigenvalue weighted by Gasteiger charge is -2.31. The first-order chi connectivity index (χ1) is 15.1. The number of nitrogens with one attached hydrogen (secondary N) is 1. The van der Waals surface area contributed by atoms with Gasteiger partial charge >= 0.3 is 0 Å². The summed E-state index contributed by atoms with van der Waals surface area (Å²) in [4.78, 5) is 26.9. The molecule has 3 rings (SSSR count). The first-order valence-corrected chi connectivity index (χ1v) is 11.3. The number of aryl methyl sites for hydroxylation is 2. The molecule has 0 spiro atoms. The monoisotopic (exact) mass is 426 g/mol. The van der Waals surface area contributed by atoms with Crippen LogP contribution in [-0.4, -0.2) is 46.7 Å². The zero-order valence-corrected chi connectivity index (χ0v) is 18.7. The van der Waals surface area contributed by atoms with E-state index in [4.69, 9.17) is 4.74 Å². The van der Waals surface area contributed by atoms with Gasteiger partial charge in [-0.05, 0) is 56.7 Å². The molecule has 0 bridgehead atoms. The van der Waals surface area contributed by atoms with E-state index in [1.165, 1.54) is 5.56 Å². The summed E-state index contributed by atoms with van der Waals surface area (Å²) in [6.45, 7) is 4.11. The van der Waals surface area contributed by atoms with Crippen molar-refractivity contribution in [1.29, 1.82) is 0 Å². The minimum Gasteiger partial charge on any atom is -0.497 e. The highest BCUT2D eigenvalue weighted by atomic mass is 16.5. The molecule has 0 aliphatic carbocycles. The highest BCUT2D eigenvalue weighted by Gasteiger charge is 2.27. The first kappa shape index (κ1) is 22.8. The van der Waals surface area contributed by atoms with Crippen molar-refractivity contribution in [1.82, 2.24) is 14.7 Å². The minimum atomic E-state index is -0.0430. The Bertz CT molecular complexity index is 839. The molecule has 1 aromatic heterocycles. The average molecular weight is 427 g/mol. The normalized spacial score (nSPS) is 14.5. The number of hydrogen-bond acceptors (Lipinski definition) is 4.